The molecule has 62 heavy (non-hydrogen) atoms. The Kier molecular flexibility index (Phi) is 49.6. The van der Waals surface area contributed by atoms with Crippen molar-refractivity contribution in [3.8, 4) is 0 Å². The van der Waals surface area contributed by atoms with E-state index in [-0.39, 0.29) is 18.5 Å². The van der Waals surface area contributed by atoms with Crippen LogP contribution in [0.5, 0.6) is 0 Å². The van der Waals surface area contributed by atoms with E-state index in [0.29, 0.717) is 25.9 Å². The van der Waals surface area contributed by atoms with E-state index in [1.165, 1.54) is 154 Å². The predicted molar refractivity (Wildman–Crippen MR) is 269 cm³/mol. The molecule has 0 aliphatic heterocycles. The third-order valence-electron chi connectivity index (χ3n) is 12.1. The first kappa shape index (κ1) is 59.8. The molecule has 362 valence electrons. The van der Waals surface area contributed by atoms with Crippen LogP contribution in [-0.4, -0.2) is 47.4 Å². The summed E-state index contributed by atoms with van der Waals surface area (Å²) in [5.41, 5.74) is 0. The van der Waals surface area contributed by atoms with Gasteiger partial charge >= 0.3 is 5.97 Å². The number of carbonyl (C=O) groups excluding carboxylic acids is 2. The molecule has 3 N–H and O–H groups in total. The average molecular weight is 870 g/mol. The molecule has 0 saturated heterocycles. The van der Waals surface area contributed by atoms with Gasteiger partial charge in [0.25, 0.3) is 0 Å². The number of aliphatic hydroxyl groups is 2. The summed E-state index contributed by atoms with van der Waals surface area (Å²) >= 11 is 0. The molecule has 0 bridgehead atoms. The molecule has 0 aliphatic carbocycles. The van der Waals surface area contributed by atoms with Crippen molar-refractivity contribution in [3.63, 3.8) is 0 Å². The first-order chi connectivity index (χ1) is 30.5. The lowest BCUT2D eigenvalue weighted by Crippen LogP contribution is -2.45. The molecule has 0 aromatic heterocycles. The molecule has 2 unspecified atom stereocenters. The minimum Gasteiger partial charge on any atom is -0.466 e. The monoisotopic (exact) mass is 870 g/mol. The van der Waals surface area contributed by atoms with E-state index in [4.69, 9.17) is 4.74 Å². The maximum Gasteiger partial charge on any atom is 0.305 e. The zero-order valence-corrected chi connectivity index (χ0v) is 41.1. The van der Waals surface area contributed by atoms with Crippen LogP contribution in [0.15, 0.2) is 48.6 Å². The van der Waals surface area contributed by atoms with Gasteiger partial charge in [-0.05, 0) is 83.5 Å². The average Bonchev–Trinajstić information content (AvgIpc) is 3.27. The topological polar surface area (TPSA) is 95.9 Å². The molecule has 0 radical (unpaired) electrons. The third-order valence-corrected chi connectivity index (χ3v) is 12.1. The number of aliphatic hydroxyl groups excluding tert-OH is 2. The number of allylic oxidation sites excluding steroid dienone is 8. The summed E-state index contributed by atoms with van der Waals surface area (Å²) in [6.07, 6.45) is 63.7. The van der Waals surface area contributed by atoms with Crippen molar-refractivity contribution in [2.24, 2.45) is 0 Å². The fourth-order valence-electron chi connectivity index (χ4n) is 7.94. The molecule has 0 aromatic carbocycles. The highest BCUT2D eigenvalue weighted by Gasteiger charge is 2.20. The molecule has 0 heterocycles. The molecule has 2 atom stereocenters. The van der Waals surface area contributed by atoms with Crippen LogP contribution in [0.3, 0.4) is 0 Å². The molecule has 0 aromatic rings. The number of rotatable bonds is 49. The van der Waals surface area contributed by atoms with Crippen molar-refractivity contribution in [2.45, 2.75) is 283 Å². The maximum absolute atomic E-state index is 12.4. The van der Waals surface area contributed by atoms with E-state index in [0.717, 1.165) is 83.5 Å². The van der Waals surface area contributed by atoms with E-state index < -0.39 is 12.1 Å². The van der Waals surface area contributed by atoms with Crippen molar-refractivity contribution in [1.29, 1.82) is 0 Å². The lowest BCUT2D eigenvalue weighted by molar-refractivity contribution is -0.143. The molecule has 0 aliphatic rings. The Morgan fingerprint density at radius 2 is 0.871 bits per heavy atom. The van der Waals surface area contributed by atoms with Crippen LogP contribution in [0.25, 0.3) is 0 Å². The number of nitrogens with one attached hydrogen (secondary N) is 1. The van der Waals surface area contributed by atoms with Crippen LogP contribution in [0.2, 0.25) is 0 Å². The van der Waals surface area contributed by atoms with Gasteiger partial charge in [0.1, 0.15) is 0 Å². The largest absolute Gasteiger partial charge is 0.466 e. The number of ether oxygens (including phenoxy) is 1. The van der Waals surface area contributed by atoms with Gasteiger partial charge in [-0.15, -0.1) is 0 Å². The smallest absolute Gasteiger partial charge is 0.305 e. The Bertz CT molecular complexity index is 1050. The lowest BCUT2D eigenvalue weighted by atomic mass is 10.0. The fraction of sp³-hybridized carbons (Fsp3) is 0.821. The first-order valence-electron chi connectivity index (χ1n) is 26.9. The molecule has 0 fully saturated rings. The van der Waals surface area contributed by atoms with Crippen LogP contribution in [0.4, 0.5) is 0 Å². The molecule has 0 saturated carbocycles. The van der Waals surface area contributed by atoms with Crippen LogP contribution in [0, 0.1) is 0 Å². The fourth-order valence-corrected chi connectivity index (χ4v) is 7.94. The highest BCUT2D eigenvalue weighted by Crippen LogP contribution is 2.16. The van der Waals surface area contributed by atoms with Gasteiger partial charge in [-0.2, -0.15) is 0 Å². The van der Waals surface area contributed by atoms with Gasteiger partial charge in [-0.3, -0.25) is 9.59 Å². The van der Waals surface area contributed by atoms with Gasteiger partial charge in [0.15, 0.2) is 0 Å². The normalized spacial score (nSPS) is 13.0. The minimum absolute atomic E-state index is 0.0287. The van der Waals surface area contributed by atoms with Crippen molar-refractivity contribution in [2.75, 3.05) is 13.2 Å². The lowest BCUT2D eigenvalue weighted by Gasteiger charge is -2.22. The summed E-state index contributed by atoms with van der Waals surface area (Å²) in [5.74, 6) is -0.0755. The highest BCUT2D eigenvalue weighted by atomic mass is 16.5. The summed E-state index contributed by atoms with van der Waals surface area (Å²) in [5, 5.41) is 23.2. The minimum atomic E-state index is -0.671. The van der Waals surface area contributed by atoms with Gasteiger partial charge in [0.05, 0.1) is 25.4 Å². The molecule has 6 nitrogen and oxygen atoms in total. The second kappa shape index (κ2) is 51.5. The van der Waals surface area contributed by atoms with E-state index in [9.17, 15) is 19.8 Å². The molecule has 1 amide bonds. The quantitative estimate of drug-likeness (QED) is 0.0245. The second-order valence-electron chi connectivity index (χ2n) is 18.2. The van der Waals surface area contributed by atoms with Crippen LogP contribution < -0.4 is 5.32 Å². The zero-order valence-electron chi connectivity index (χ0n) is 41.1. The Balaban J connectivity index is 3.49. The molecule has 0 rings (SSSR count). The van der Waals surface area contributed by atoms with Gasteiger partial charge in [-0.25, -0.2) is 0 Å². The Morgan fingerprint density at radius 1 is 0.468 bits per heavy atom. The predicted octanol–water partition coefficient (Wildman–Crippen LogP) is 16.2. The SMILES string of the molecule is CCCC/C=C\C/C=C\CCCCCCCC(=O)OCCCCC/C=C\C=C/CCCCCCCCCCCCC(=O)NC(CO)C(O)CCCCCCCCCCCCCC. The number of carbonyl (C=O) groups is 2. The van der Waals surface area contributed by atoms with Crippen molar-refractivity contribution >= 4 is 11.9 Å². The summed E-state index contributed by atoms with van der Waals surface area (Å²) in [7, 11) is 0. The summed E-state index contributed by atoms with van der Waals surface area (Å²) in [6.45, 7) is 4.85. The summed E-state index contributed by atoms with van der Waals surface area (Å²) in [6, 6.07) is -0.549. The summed E-state index contributed by atoms with van der Waals surface area (Å²) < 4.78 is 5.43. The van der Waals surface area contributed by atoms with Gasteiger partial charge in [-0.1, -0.05) is 223 Å². The first-order valence-corrected chi connectivity index (χ1v) is 26.9. The Hall–Kier alpha value is -2.18. The second-order valence-corrected chi connectivity index (χ2v) is 18.2. The van der Waals surface area contributed by atoms with Crippen molar-refractivity contribution in [1.82, 2.24) is 5.32 Å². The number of unbranched alkanes of at least 4 members (excludes halogenated alkanes) is 31. The zero-order chi connectivity index (χ0) is 45.1. The van der Waals surface area contributed by atoms with Gasteiger partial charge in [0, 0.05) is 12.8 Å². The molecule has 0 spiro atoms. The molecular formula is C56H103NO5. The van der Waals surface area contributed by atoms with E-state index >= 15 is 0 Å². The highest BCUT2D eigenvalue weighted by molar-refractivity contribution is 5.76. The van der Waals surface area contributed by atoms with Gasteiger partial charge in [0.2, 0.25) is 5.91 Å². The number of amides is 1. The van der Waals surface area contributed by atoms with Crippen molar-refractivity contribution in [3.05, 3.63) is 48.6 Å². The van der Waals surface area contributed by atoms with E-state index in [1.54, 1.807) is 0 Å². The standard InChI is InChI=1S/C56H103NO5/c1-3-5-7-9-11-13-15-17-26-30-34-38-42-46-50-56(61)62-51-47-43-39-35-31-27-24-22-20-18-19-21-23-25-29-33-37-41-45-49-55(60)57-53(52-58)54(59)48-44-40-36-32-28-16-14-12-10-8-6-4-2/h9,11,15,17,22,24,27,31,53-54,58-59H,3-8,10,12-14,16,18-21,23,25-26,28-30,32-52H2,1-2H3,(H,57,60)/b11-9-,17-15-,24-22-,31-27-. The molecule has 6 heteroatoms. The van der Waals surface area contributed by atoms with Gasteiger partial charge < -0.3 is 20.3 Å². The van der Waals surface area contributed by atoms with Crippen LogP contribution >= 0.6 is 0 Å². The number of hydrogen-bond acceptors (Lipinski definition) is 5. The van der Waals surface area contributed by atoms with Crippen molar-refractivity contribution < 1.29 is 24.5 Å². The summed E-state index contributed by atoms with van der Waals surface area (Å²) in [4.78, 5) is 24.4. The molecular weight excluding hydrogens is 767 g/mol. The maximum atomic E-state index is 12.4. The number of esters is 1. The Labute approximate surface area is 385 Å². The van der Waals surface area contributed by atoms with Crippen LogP contribution in [-0.2, 0) is 14.3 Å². The van der Waals surface area contributed by atoms with Crippen LogP contribution in [0.1, 0.15) is 271 Å². The third kappa shape index (κ3) is 47.3. The Morgan fingerprint density at radius 3 is 1.37 bits per heavy atom. The van der Waals surface area contributed by atoms with E-state index in [2.05, 4.69) is 67.8 Å². The number of hydrogen-bond donors (Lipinski definition) is 3. The van der Waals surface area contributed by atoms with E-state index in [1.807, 2.05) is 0 Å².